The second-order valence-corrected chi connectivity index (χ2v) is 6.42. The molecule has 6 heteroatoms. The normalized spacial score (nSPS) is 18.9. The molecule has 0 spiro atoms. The van der Waals surface area contributed by atoms with Crippen LogP contribution in [-0.4, -0.2) is 42.1 Å². The maximum Gasteiger partial charge on any atom is 0.410 e. The lowest BCUT2D eigenvalue weighted by Crippen LogP contribution is -2.49. The van der Waals surface area contributed by atoms with Crippen LogP contribution in [0.2, 0.25) is 0 Å². The monoisotopic (exact) mass is 305 g/mol. The Morgan fingerprint density at radius 1 is 1.36 bits per heavy atom. The first-order chi connectivity index (χ1) is 10.3. The number of piperazine rings is 1. The van der Waals surface area contributed by atoms with Gasteiger partial charge < -0.3 is 20.7 Å². The van der Waals surface area contributed by atoms with E-state index < -0.39 is 11.5 Å². The van der Waals surface area contributed by atoms with Crippen molar-refractivity contribution in [1.82, 2.24) is 10.2 Å². The largest absolute Gasteiger partial charge is 0.444 e. The maximum absolute atomic E-state index is 12.2. The van der Waals surface area contributed by atoms with E-state index in [4.69, 9.17) is 10.5 Å². The van der Waals surface area contributed by atoms with Crippen LogP contribution in [0.5, 0.6) is 0 Å². The molecule has 0 radical (unpaired) electrons. The number of nitrogens with two attached hydrogens (primary N) is 1. The summed E-state index contributed by atoms with van der Waals surface area (Å²) in [7, 11) is 0. The SMILES string of the molecule is CC(C)(C)OC(=O)N1CCNC(c2cccc(C(N)=O)c2)C1. The molecule has 0 aromatic heterocycles. The Hall–Kier alpha value is -2.08. The Morgan fingerprint density at radius 2 is 2.09 bits per heavy atom. The molecule has 1 fully saturated rings. The first-order valence-corrected chi connectivity index (χ1v) is 7.37. The van der Waals surface area contributed by atoms with Crippen LogP contribution in [0, 0.1) is 0 Å². The van der Waals surface area contributed by atoms with Gasteiger partial charge in [0.05, 0.1) is 6.04 Å². The van der Waals surface area contributed by atoms with Crippen molar-refractivity contribution < 1.29 is 14.3 Å². The van der Waals surface area contributed by atoms with Gasteiger partial charge in [-0.2, -0.15) is 0 Å². The highest BCUT2D eigenvalue weighted by Gasteiger charge is 2.28. The molecule has 6 nitrogen and oxygen atoms in total. The van der Waals surface area contributed by atoms with Crippen LogP contribution in [0.1, 0.15) is 42.7 Å². The van der Waals surface area contributed by atoms with E-state index in [9.17, 15) is 9.59 Å². The number of benzene rings is 1. The van der Waals surface area contributed by atoms with Gasteiger partial charge in [0.15, 0.2) is 0 Å². The van der Waals surface area contributed by atoms with Gasteiger partial charge in [-0.25, -0.2) is 4.79 Å². The minimum atomic E-state index is -0.511. The van der Waals surface area contributed by atoms with E-state index >= 15 is 0 Å². The quantitative estimate of drug-likeness (QED) is 0.870. The summed E-state index contributed by atoms with van der Waals surface area (Å²) >= 11 is 0. The Morgan fingerprint density at radius 3 is 2.73 bits per heavy atom. The number of nitrogens with one attached hydrogen (secondary N) is 1. The van der Waals surface area contributed by atoms with Gasteiger partial charge in [-0.3, -0.25) is 4.79 Å². The third kappa shape index (κ3) is 4.21. The van der Waals surface area contributed by atoms with Crippen molar-refractivity contribution in [3.05, 3.63) is 35.4 Å². The second-order valence-electron chi connectivity index (χ2n) is 6.42. The fourth-order valence-corrected chi connectivity index (χ4v) is 2.37. The van der Waals surface area contributed by atoms with Crippen LogP contribution in [-0.2, 0) is 4.74 Å². The molecular formula is C16H23N3O3. The molecule has 1 heterocycles. The number of carbonyl (C=O) groups is 2. The van der Waals surface area contributed by atoms with Gasteiger partial charge in [-0.15, -0.1) is 0 Å². The number of rotatable bonds is 2. The van der Waals surface area contributed by atoms with Crippen molar-refractivity contribution in [2.75, 3.05) is 19.6 Å². The molecule has 1 aromatic rings. The Labute approximate surface area is 130 Å². The summed E-state index contributed by atoms with van der Waals surface area (Å²) in [4.78, 5) is 25.1. The number of nitrogens with zero attached hydrogens (tertiary/aromatic N) is 1. The Bertz CT molecular complexity index is 566. The molecule has 3 N–H and O–H groups in total. The Kier molecular flexibility index (Phi) is 4.71. The molecule has 1 aromatic carbocycles. The molecule has 1 aliphatic rings. The van der Waals surface area contributed by atoms with Gasteiger partial charge in [0.2, 0.25) is 5.91 Å². The minimum absolute atomic E-state index is 0.0411. The molecule has 0 saturated carbocycles. The highest BCUT2D eigenvalue weighted by Crippen LogP contribution is 2.20. The summed E-state index contributed by atoms with van der Waals surface area (Å²) in [6.45, 7) is 7.31. The van der Waals surface area contributed by atoms with Gasteiger partial charge in [-0.05, 0) is 38.5 Å². The minimum Gasteiger partial charge on any atom is -0.444 e. The lowest BCUT2D eigenvalue weighted by molar-refractivity contribution is 0.0195. The summed E-state index contributed by atoms with van der Waals surface area (Å²) in [5, 5.41) is 3.35. The number of primary amides is 1. The van der Waals surface area contributed by atoms with Gasteiger partial charge in [0, 0.05) is 25.2 Å². The molecule has 2 amide bonds. The molecule has 0 bridgehead atoms. The molecule has 1 unspecified atom stereocenters. The lowest BCUT2D eigenvalue weighted by Gasteiger charge is -2.35. The highest BCUT2D eigenvalue weighted by atomic mass is 16.6. The summed E-state index contributed by atoms with van der Waals surface area (Å²) in [5.74, 6) is -0.457. The van der Waals surface area contributed by atoms with Crippen molar-refractivity contribution in [3.8, 4) is 0 Å². The van der Waals surface area contributed by atoms with E-state index in [1.807, 2.05) is 26.8 Å². The summed E-state index contributed by atoms with van der Waals surface area (Å²) in [6, 6.07) is 7.12. The first kappa shape index (κ1) is 16.3. The number of amides is 2. The predicted octanol–water partition coefficient (Wildman–Crippen LogP) is 1.67. The zero-order valence-corrected chi connectivity index (χ0v) is 13.3. The van der Waals surface area contributed by atoms with Gasteiger partial charge in [0.1, 0.15) is 5.60 Å². The summed E-state index contributed by atoms with van der Waals surface area (Å²) in [6.07, 6.45) is -0.315. The molecular weight excluding hydrogens is 282 g/mol. The van der Waals surface area contributed by atoms with E-state index in [-0.39, 0.29) is 12.1 Å². The zero-order chi connectivity index (χ0) is 16.3. The van der Waals surface area contributed by atoms with Crippen molar-refractivity contribution in [2.24, 2.45) is 5.73 Å². The molecule has 22 heavy (non-hydrogen) atoms. The fourth-order valence-electron chi connectivity index (χ4n) is 2.37. The average molecular weight is 305 g/mol. The van der Waals surface area contributed by atoms with E-state index in [1.165, 1.54) is 0 Å². The zero-order valence-electron chi connectivity index (χ0n) is 13.3. The van der Waals surface area contributed by atoms with Crippen LogP contribution < -0.4 is 11.1 Å². The molecule has 1 aliphatic heterocycles. The van der Waals surface area contributed by atoms with Crippen molar-refractivity contribution in [2.45, 2.75) is 32.4 Å². The molecule has 1 saturated heterocycles. The Balaban J connectivity index is 2.09. The molecule has 120 valence electrons. The van der Waals surface area contributed by atoms with E-state index in [0.29, 0.717) is 25.2 Å². The van der Waals surface area contributed by atoms with Crippen LogP contribution in [0.4, 0.5) is 4.79 Å². The molecule has 1 atom stereocenters. The standard InChI is InChI=1S/C16H23N3O3/c1-16(2,3)22-15(21)19-8-7-18-13(10-19)11-5-4-6-12(9-11)14(17)20/h4-6,9,13,18H,7-8,10H2,1-3H3,(H2,17,20). The van der Waals surface area contributed by atoms with Gasteiger partial charge >= 0.3 is 6.09 Å². The van der Waals surface area contributed by atoms with E-state index in [2.05, 4.69) is 5.32 Å². The maximum atomic E-state index is 12.2. The summed E-state index contributed by atoms with van der Waals surface area (Å²) < 4.78 is 5.41. The van der Waals surface area contributed by atoms with Crippen LogP contribution in [0.15, 0.2) is 24.3 Å². The van der Waals surface area contributed by atoms with Gasteiger partial charge in [0.25, 0.3) is 0 Å². The predicted molar refractivity (Wildman–Crippen MR) is 83.5 cm³/mol. The van der Waals surface area contributed by atoms with Crippen molar-refractivity contribution in [1.29, 1.82) is 0 Å². The van der Waals surface area contributed by atoms with Crippen LogP contribution in [0.3, 0.4) is 0 Å². The topological polar surface area (TPSA) is 84.7 Å². The van der Waals surface area contributed by atoms with E-state index in [1.54, 1.807) is 23.1 Å². The third-order valence-corrected chi connectivity index (χ3v) is 3.40. The van der Waals surface area contributed by atoms with Crippen LogP contribution >= 0.6 is 0 Å². The first-order valence-electron chi connectivity index (χ1n) is 7.37. The summed E-state index contributed by atoms with van der Waals surface area (Å²) in [5.41, 5.74) is 6.20. The highest BCUT2D eigenvalue weighted by molar-refractivity contribution is 5.92. The third-order valence-electron chi connectivity index (χ3n) is 3.40. The number of hydrogen-bond donors (Lipinski definition) is 2. The second kappa shape index (κ2) is 6.36. The van der Waals surface area contributed by atoms with E-state index in [0.717, 1.165) is 5.56 Å². The molecule has 2 rings (SSSR count). The lowest BCUT2D eigenvalue weighted by atomic mass is 10.0. The van der Waals surface area contributed by atoms with Crippen molar-refractivity contribution in [3.63, 3.8) is 0 Å². The fraction of sp³-hybridized carbons (Fsp3) is 0.500. The van der Waals surface area contributed by atoms with Crippen molar-refractivity contribution >= 4 is 12.0 Å². The van der Waals surface area contributed by atoms with Gasteiger partial charge in [-0.1, -0.05) is 12.1 Å². The average Bonchev–Trinajstić information content (AvgIpc) is 2.46. The number of hydrogen-bond acceptors (Lipinski definition) is 4. The smallest absolute Gasteiger partial charge is 0.410 e. The molecule has 0 aliphatic carbocycles. The number of carbonyl (C=O) groups excluding carboxylic acids is 2. The van der Waals surface area contributed by atoms with Crippen LogP contribution in [0.25, 0.3) is 0 Å². The number of ether oxygens (including phenoxy) is 1.